The molecule has 3 aromatic rings. The second-order valence-electron chi connectivity index (χ2n) is 9.93. The second-order valence-corrected chi connectivity index (χ2v) is 12.6. The highest BCUT2D eigenvalue weighted by molar-refractivity contribution is 14.0. The number of unbranched alkanes of at least 4 members (excludes halogenated alkanes) is 6. The number of allylic oxidation sites excluding steroid dienone is 2. The van der Waals surface area contributed by atoms with Gasteiger partial charge < -0.3 is 9.80 Å². The van der Waals surface area contributed by atoms with Crippen molar-refractivity contribution in [1.82, 2.24) is 0 Å². The molecule has 0 saturated carbocycles. The first-order valence-corrected chi connectivity index (χ1v) is 16.4. The van der Waals surface area contributed by atoms with E-state index in [0.29, 0.717) is 0 Å². The summed E-state index contributed by atoms with van der Waals surface area (Å²) < 4.78 is 0. The average Bonchev–Trinajstić information content (AvgIpc) is 3.27. The van der Waals surface area contributed by atoms with Crippen molar-refractivity contribution in [3.05, 3.63) is 102 Å². The van der Waals surface area contributed by atoms with Crippen molar-refractivity contribution < 1.29 is 0 Å². The first kappa shape index (κ1) is 30.5. The van der Waals surface area contributed by atoms with Gasteiger partial charge >= 0.3 is 0 Å². The molecule has 2 aliphatic heterocycles. The van der Waals surface area contributed by atoms with Gasteiger partial charge in [0.15, 0.2) is 0 Å². The molecule has 0 N–H and O–H groups in total. The first-order valence-electron chi connectivity index (χ1n) is 13.9. The van der Waals surface area contributed by atoms with Crippen LogP contribution in [0.25, 0.3) is 5.57 Å². The van der Waals surface area contributed by atoms with Crippen LogP contribution < -0.4 is 9.80 Å². The average molecular weight is 687 g/mol. The SMILES string of the molecule is CN1c2ccccc2SC1C=C1C=C(SCCCCCCCCCS)N(c2ccccc2)c2ccccc21.I. The van der Waals surface area contributed by atoms with Gasteiger partial charge in [0.2, 0.25) is 0 Å². The molecule has 0 bridgehead atoms. The molecular formula is C33H39IN2S3. The maximum atomic E-state index is 4.33. The predicted molar refractivity (Wildman–Crippen MR) is 190 cm³/mol. The highest BCUT2D eigenvalue weighted by Crippen LogP contribution is 2.47. The Morgan fingerprint density at radius 3 is 2.18 bits per heavy atom. The lowest BCUT2D eigenvalue weighted by atomic mass is 9.98. The Balaban J connectivity index is 0.00000353. The Bertz CT molecular complexity index is 1260. The zero-order valence-corrected chi connectivity index (χ0v) is 27.5. The molecule has 0 saturated heterocycles. The predicted octanol–water partition coefficient (Wildman–Crippen LogP) is 10.6. The van der Waals surface area contributed by atoms with Gasteiger partial charge in [-0.05, 0) is 72.4 Å². The number of hydrogen-bond acceptors (Lipinski definition) is 5. The van der Waals surface area contributed by atoms with Crippen molar-refractivity contribution >= 4 is 82.8 Å². The molecule has 39 heavy (non-hydrogen) atoms. The molecule has 1 unspecified atom stereocenters. The van der Waals surface area contributed by atoms with Gasteiger partial charge in [-0.3, -0.25) is 0 Å². The molecule has 0 fully saturated rings. The number of benzene rings is 3. The molecule has 0 radical (unpaired) electrons. The molecule has 0 amide bonds. The molecule has 0 aliphatic carbocycles. The monoisotopic (exact) mass is 686 g/mol. The van der Waals surface area contributed by atoms with E-state index in [4.69, 9.17) is 0 Å². The van der Waals surface area contributed by atoms with Crippen LogP contribution in [0.5, 0.6) is 0 Å². The molecule has 2 nitrogen and oxygen atoms in total. The van der Waals surface area contributed by atoms with E-state index in [1.54, 1.807) is 0 Å². The highest BCUT2D eigenvalue weighted by Gasteiger charge is 2.29. The van der Waals surface area contributed by atoms with Crippen molar-refractivity contribution in [2.45, 2.75) is 55.2 Å². The Hall–Kier alpha value is -1.48. The van der Waals surface area contributed by atoms with Crippen LogP contribution >= 0.6 is 60.1 Å². The third-order valence-corrected chi connectivity index (χ3v) is 9.92. The lowest BCUT2D eigenvalue weighted by Crippen LogP contribution is -2.24. The van der Waals surface area contributed by atoms with E-state index in [9.17, 15) is 0 Å². The van der Waals surface area contributed by atoms with Crippen molar-refractivity contribution in [2.24, 2.45) is 0 Å². The van der Waals surface area contributed by atoms with Gasteiger partial charge in [-0.25, -0.2) is 0 Å². The van der Waals surface area contributed by atoms with Crippen molar-refractivity contribution in [1.29, 1.82) is 0 Å². The topological polar surface area (TPSA) is 6.48 Å². The number of nitrogens with zero attached hydrogens (tertiary/aromatic N) is 2. The van der Waals surface area contributed by atoms with Crippen LogP contribution in [0.4, 0.5) is 17.1 Å². The summed E-state index contributed by atoms with van der Waals surface area (Å²) in [5, 5.41) is 1.60. The normalized spacial score (nSPS) is 17.0. The number of halogens is 1. The maximum Gasteiger partial charge on any atom is 0.0988 e. The molecule has 5 rings (SSSR count). The molecule has 0 aromatic heterocycles. The highest BCUT2D eigenvalue weighted by atomic mass is 127. The Morgan fingerprint density at radius 2 is 1.44 bits per heavy atom. The third-order valence-electron chi connectivity index (χ3n) is 7.22. The molecule has 206 valence electrons. The summed E-state index contributed by atoms with van der Waals surface area (Å²) in [5.74, 6) is 2.16. The zero-order chi connectivity index (χ0) is 26.2. The Labute approximate surface area is 266 Å². The number of fused-ring (bicyclic) bond motifs is 2. The van der Waals surface area contributed by atoms with Gasteiger partial charge in [-0.2, -0.15) is 12.6 Å². The number of likely N-dealkylation sites (N-methyl/N-ethyl adjacent to an activating group) is 1. The van der Waals surface area contributed by atoms with Gasteiger partial charge in [0.05, 0.1) is 21.8 Å². The Kier molecular flexibility index (Phi) is 12.1. The van der Waals surface area contributed by atoms with Gasteiger partial charge in [0.25, 0.3) is 0 Å². The van der Waals surface area contributed by atoms with Crippen LogP contribution in [0.3, 0.4) is 0 Å². The third kappa shape index (κ3) is 7.63. The Morgan fingerprint density at radius 1 is 0.795 bits per heavy atom. The summed E-state index contributed by atoms with van der Waals surface area (Å²) in [6, 6.07) is 28.4. The molecule has 3 aromatic carbocycles. The summed E-state index contributed by atoms with van der Waals surface area (Å²) in [7, 11) is 2.21. The quantitative estimate of drug-likeness (QED) is 0.115. The van der Waals surface area contributed by atoms with Crippen LogP contribution in [0, 0.1) is 0 Å². The fraction of sp³-hybridized carbons (Fsp3) is 0.333. The molecule has 6 heteroatoms. The fourth-order valence-corrected chi connectivity index (χ4v) is 7.72. The summed E-state index contributed by atoms with van der Waals surface area (Å²) >= 11 is 8.27. The number of anilines is 3. The van der Waals surface area contributed by atoms with E-state index in [1.165, 1.54) is 83.1 Å². The van der Waals surface area contributed by atoms with Crippen molar-refractivity contribution in [3.63, 3.8) is 0 Å². The van der Waals surface area contributed by atoms with Gasteiger partial charge in [-0.15, -0.1) is 35.7 Å². The lowest BCUT2D eigenvalue weighted by Gasteiger charge is -2.34. The van der Waals surface area contributed by atoms with Crippen LogP contribution in [0.2, 0.25) is 0 Å². The fourth-order valence-electron chi connectivity index (χ4n) is 5.16. The second kappa shape index (κ2) is 15.5. The number of para-hydroxylation sites is 3. The molecule has 0 spiro atoms. The standard InChI is InChI=1S/C33H38N2S3.HI/c1-34-30-20-12-13-21-31(30)38-32(34)24-26-25-33(37-23-15-6-4-2-3-5-14-22-36)35(27-16-8-7-9-17-27)29-19-11-10-18-28(26)29;/h7-13,16-21,24-25,32,36H,2-6,14-15,22-23H2,1H3;1H. The van der Waals surface area contributed by atoms with Gasteiger partial charge in [0, 0.05) is 23.2 Å². The zero-order valence-electron chi connectivity index (χ0n) is 22.7. The number of hydrogen-bond donors (Lipinski definition) is 1. The minimum absolute atomic E-state index is 0. The van der Waals surface area contributed by atoms with Crippen LogP contribution in [0.1, 0.15) is 50.5 Å². The van der Waals surface area contributed by atoms with E-state index >= 15 is 0 Å². The van der Waals surface area contributed by atoms with Gasteiger partial charge in [0.1, 0.15) is 0 Å². The summed E-state index contributed by atoms with van der Waals surface area (Å²) in [6.07, 6.45) is 14.1. The van der Waals surface area contributed by atoms with E-state index in [1.807, 2.05) is 23.5 Å². The van der Waals surface area contributed by atoms with Crippen LogP contribution in [-0.4, -0.2) is 23.9 Å². The lowest BCUT2D eigenvalue weighted by molar-refractivity contribution is 0.605. The summed E-state index contributed by atoms with van der Waals surface area (Å²) in [6.45, 7) is 0. The number of thiol groups is 1. The number of thioether (sulfide) groups is 2. The minimum atomic E-state index is 0. The van der Waals surface area contributed by atoms with Crippen LogP contribution in [-0.2, 0) is 0 Å². The maximum absolute atomic E-state index is 4.33. The minimum Gasteiger partial charge on any atom is -0.358 e. The molecule has 2 aliphatic rings. The van der Waals surface area contributed by atoms with E-state index in [0.717, 1.165) is 11.5 Å². The molecule has 1 atom stereocenters. The van der Waals surface area contributed by atoms with Crippen molar-refractivity contribution in [3.8, 4) is 0 Å². The van der Waals surface area contributed by atoms with E-state index < -0.39 is 0 Å². The van der Waals surface area contributed by atoms with Crippen LogP contribution in [0.15, 0.2) is 101 Å². The number of rotatable bonds is 12. The largest absolute Gasteiger partial charge is 0.358 e. The molecular weight excluding hydrogens is 647 g/mol. The molecule has 2 heterocycles. The van der Waals surface area contributed by atoms with E-state index in [2.05, 4.69) is 120 Å². The van der Waals surface area contributed by atoms with E-state index in [-0.39, 0.29) is 29.4 Å². The summed E-state index contributed by atoms with van der Waals surface area (Å²) in [5.41, 5.74) is 6.42. The first-order chi connectivity index (χ1) is 18.8. The van der Waals surface area contributed by atoms with Crippen molar-refractivity contribution in [2.75, 3.05) is 28.4 Å². The van der Waals surface area contributed by atoms with Gasteiger partial charge in [-0.1, -0.05) is 92.4 Å². The summed E-state index contributed by atoms with van der Waals surface area (Å²) in [4.78, 5) is 6.21. The smallest absolute Gasteiger partial charge is 0.0988 e.